The minimum atomic E-state index is -3.76. The van der Waals surface area contributed by atoms with Crippen molar-refractivity contribution in [2.45, 2.75) is 30.4 Å². The van der Waals surface area contributed by atoms with Crippen LogP contribution in [-0.2, 0) is 36.6 Å². The fourth-order valence-corrected chi connectivity index (χ4v) is 6.48. The second-order valence-electron chi connectivity index (χ2n) is 8.86. The summed E-state index contributed by atoms with van der Waals surface area (Å²) in [5.41, 5.74) is 4.01. The first-order valence-corrected chi connectivity index (χ1v) is 13.3. The highest BCUT2D eigenvalue weighted by molar-refractivity contribution is 7.89. The first-order chi connectivity index (χ1) is 16.9. The van der Waals surface area contributed by atoms with Crippen molar-refractivity contribution in [1.29, 1.82) is 0 Å². The van der Waals surface area contributed by atoms with Crippen LogP contribution in [0.3, 0.4) is 0 Å². The van der Waals surface area contributed by atoms with Gasteiger partial charge in [-0.15, -0.1) is 0 Å². The van der Waals surface area contributed by atoms with E-state index in [4.69, 9.17) is 11.6 Å². The number of fused-ring (bicyclic) bond motifs is 1. The summed E-state index contributed by atoms with van der Waals surface area (Å²) in [6, 6.07) is 24.2. The molecular formula is C27H27ClN4O2S. The van der Waals surface area contributed by atoms with Gasteiger partial charge in [-0.05, 0) is 47.9 Å². The standard InChI is InChI=1S/C27H27ClN4O2S/c1-30-20-29-16-25(30)19-31-18-24(14-21-8-4-2-5-9-21)32(17-22-15-23(28)12-13-27(22)31)35(33,34)26-10-6-3-7-11-26/h2-13,15-16,20,24H,14,17-19H2,1H3. The Morgan fingerprint density at radius 3 is 2.40 bits per heavy atom. The largest absolute Gasteiger partial charge is 0.364 e. The van der Waals surface area contributed by atoms with Gasteiger partial charge in [-0.2, -0.15) is 4.31 Å². The van der Waals surface area contributed by atoms with Crippen molar-refractivity contribution in [3.8, 4) is 0 Å². The third-order valence-corrected chi connectivity index (χ3v) is 8.63. The number of benzene rings is 3. The van der Waals surface area contributed by atoms with E-state index in [0.717, 1.165) is 22.5 Å². The molecule has 0 N–H and O–H groups in total. The maximum atomic E-state index is 14.0. The molecule has 4 aromatic rings. The molecule has 180 valence electrons. The minimum Gasteiger partial charge on any atom is -0.364 e. The molecule has 0 saturated carbocycles. The monoisotopic (exact) mass is 506 g/mol. The average molecular weight is 507 g/mol. The minimum absolute atomic E-state index is 0.243. The lowest BCUT2D eigenvalue weighted by Gasteiger charge is -2.32. The van der Waals surface area contributed by atoms with Gasteiger partial charge in [0, 0.05) is 43.1 Å². The number of aromatic nitrogens is 2. The maximum absolute atomic E-state index is 14.0. The van der Waals surface area contributed by atoms with Crippen LogP contribution in [0, 0.1) is 0 Å². The lowest BCUT2D eigenvalue weighted by molar-refractivity contribution is 0.317. The third-order valence-electron chi connectivity index (χ3n) is 6.48. The van der Waals surface area contributed by atoms with Crippen molar-refractivity contribution >= 4 is 27.3 Å². The van der Waals surface area contributed by atoms with E-state index in [2.05, 4.69) is 9.88 Å². The van der Waals surface area contributed by atoms with E-state index in [1.54, 1.807) is 34.9 Å². The number of hydrogen-bond donors (Lipinski definition) is 0. The van der Waals surface area contributed by atoms with Crippen molar-refractivity contribution < 1.29 is 8.42 Å². The topological polar surface area (TPSA) is 58.4 Å². The number of sulfonamides is 1. The zero-order chi connectivity index (χ0) is 24.4. The molecule has 1 unspecified atom stereocenters. The molecule has 0 saturated heterocycles. The number of hydrogen-bond acceptors (Lipinski definition) is 4. The second kappa shape index (κ2) is 9.85. The first kappa shape index (κ1) is 23.6. The van der Waals surface area contributed by atoms with Gasteiger partial charge in [0.1, 0.15) is 0 Å². The van der Waals surface area contributed by atoms with Crippen molar-refractivity contribution in [1.82, 2.24) is 13.9 Å². The molecule has 3 aromatic carbocycles. The van der Waals surface area contributed by atoms with Crippen molar-refractivity contribution in [2.75, 3.05) is 11.4 Å². The van der Waals surface area contributed by atoms with Gasteiger partial charge in [0.15, 0.2) is 0 Å². The first-order valence-electron chi connectivity index (χ1n) is 11.5. The third kappa shape index (κ3) is 4.98. The van der Waals surface area contributed by atoms with Crippen LogP contribution in [0.25, 0.3) is 0 Å². The Kier molecular flexibility index (Phi) is 6.65. The van der Waals surface area contributed by atoms with Gasteiger partial charge in [0.25, 0.3) is 0 Å². The molecule has 35 heavy (non-hydrogen) atoms. The van der Waals surface area contributed by atoms with E-state index in [1.165, 1.54) is 0 Å². The summed E-state index contributed by atoms with van der Waals surface area (Å²) >= 11 is 6.39. The Hall–Kier alpha value is -3.13. The zero-order valence-electron chi connectivity index (χ0n) is 19.5. The second-order valence-corrected chi connectivity index (χ2v) is 11.2. The van der Waals surface area contributed by atoms with E-state index in [1.807, 2.05) is 72.4 Å². The summed E-state index contributed by atoms with van der Waals surface area (Å²) in [6.45, 7) is 1.38. The smallest absolute Gasteiger partial charge is 0.243 e. The fourth-order valence-electron chi connectivity index (χ4n) is 4.67. The summed E-state index contributed by atoms with van der Waals surface area (Å²) < 4.78 is 31.6. The lowest BCUT2D eigenvalue weighted by atomic mass is 10.1. The van der Waals surface area contributed by atoms with Crippen LogP contribution in [-0.4, -0.2) is 34.9 Å². The highest BCUT2D eigenvalue weighted by atomic mass is 35.5. The van der Waals surface area contributed by atoms with Crippen LogP contribution in [0.1, 0.15) is 16.8 Å². The van der Waals surface area contributed by atoms with E-state index in [9.17, 15) is 8.42 Å². The van der Waals surface area contributed by atoms with Gasteiger partial charge < -0.3 is 9.47 Å². The Balaban J connectivity index is 1.61. The van der Waals surface area contributed by atoms with E-state index < -0.39 is 10.0 Å². The Morgan fingerprint density at radius 1 is 1.00 bits per heavy atom. The summed E-state index contributed by atoms with van der Waals surface area (Å²) in [5, 5.41) is 0.586. The summed E-state index contributed by atoms with van der Waals surface area (Å²) in [5.74, 6) is 0. The van der Waals surface area contributed by atoms with Gasteiger partial charge in [-0.1, -0.05) is 60.1 Å². The molecule has 0 fully saturated rings. The lowest BCUT2D eigenvalue weighted by Crippen LogP contribution is -2.45. The Labute approximate surface area is 211 Å². The van der Waals surface area contributed by atoms with Crippen molar-refractivity contribution in [3.63, 3.8) is 0 Å². The molecule has 1 aliphatic heterocycles. The molecule has 8 heteroatoms. The predicted molar refractivity (Wildman–Crippen MR) is 139 cm³/mol. The van der Waals surface area contributed by atoms with E-state index in [-0.39, 0.29) is 12.6 Å². The molecule has 1 aliphatic rings. The molecule has 6 nitrogen and oxygen atoms in total. The quantitative estimate of drug-likeness (QED) is 0.373. The summed E-state index contributed by atoms with van der Waals surface area (Å²) in [6.07, 6.45) is 4.23. The maximum Gasteiger partial charge on any atom is 0.243 e. The van der Waals surface area contributed by atoms with Gasteiger partial charge in [0.2, 0.25) is 10.0 Å². The number of halogens is 1. The van der Waals surface area contributed by atoms with Crippen molar-refractivity contribution in [2.24, 2.45) is 7.05 Å². The van der Waals surface area contributed by atoms with Crippen LogP contribution in [0.15, 0.2) is 96.3 Å². The molecule has 2 heterocycles. The van der Waals surface area contributed by atoms with Crippen LogP contribution >= 0.6 is 11.6 Å². The molecule has 1 aromatic heterocycles. The number of imidazole rings is 1. The predicted octanol–water partition coefficient (Wildman–Crippen LogP) is 4.90. The van der Waals surface area contributed by atoms with Gasteiger partial charge in [-0.3, -0.25) is 0 Å². The van der Waals surface area contributed by atoms with Crippen LogP contribution in [0.2, 0.25) is 5.02 Å². The average Bonchev–Trinajstić information content (AvgIpc) is 3.20. The Morgan fingerprint density at radius 2 is 1.71 bits per heavy atom. The number of nitrogens with zero attached hydrogens (tertiary/aromatic N) is 4. The molecule has 0 amide bonds. The molecular weight excluding hydrogens is 480 g/mol. The van der Waals surface area contributed by atoms with Gasteiger partial charge in [-0.25, -0.2) is 13.4 Å². The molecule has 0 bridgehead atoms. The van der Waals surface area contributed by atoms with Gasteiger partial charge in [0.05, 0.1) is 23.5 Å². The van der Waals surface area contributed by atoms with E-state index >= 15 is 0 Å². The van der Waals surface area contributed by atoms with E-state index in [0.29, 0.717) is 29.4 Å². The molecule has 0 spiro atoms. The highest BCUT2D eigenvalue weighted by Gasteiger charge is 2.36. The summed E-state index contributed by atoms with van der Waals surface area (Å²) in [7, 11) is -1.79. The number of rotatable bonds is 6. The van der Waals surface area contributed by atoms with Crippen LogP contribution in [0.4, 0.5) is 5.69 Å². The molecule has 1 atom stereocenters. The van der Waals surface area contributed by atoms with Gasteiger partial charge >= 0.3 is 0 Å². The van der Waals surface area contributed by atoms with Crippen LogP contribution < -0.4 is 4.90 Å². The molecule has 0 aliphatic carbocycles. The van der Waals surface area contributed by atoms with Crippen LogP contribution in [0.5, 0.6) is 0 Å². The Bertz CT molecular complexity index is 1410. The molecule has 0 radical (unpaired) electrons. The zero-order valence-corrected chi connectivity index (χ0v) is 21.0. The highest BCUT2D eigenvalue weighted by Crippen LogP contribution is 2.34. The van der Waals surface area contributed by atoms with Crippen molar-refractivity contribution in [3.05, 3.63) is 113 Å². The SMILES string of the molecule is Cn1cncc1CN1CC(Cc2ccccc2)N(S(=O)(=O)c2ccccc2)Cc2cc(Cl)ccc21. The number of aryl methyl sites for hydroxylation is 1. The number of anilines is 1. The normalized spacial score (nSPS) is 16.6. The molecule has 5 rings (SSSR count). The summed E-state index contributed by atoms with van der Waals surface area (Å²) in [4.78, 5) is 6.81. The fraction of sp³-hybridized carbons (Fsp3) is 0.222.